The van der Waals surface area contributed by atoms with Gasteiger partial charge in [0.1, 0.15) is 0 Å². The van der Waals surface area contributed by atoms with Crippen LogP contribution < -0.4 is 0 Å². The van der Waals surface area contributed by atoms with Gasteiger partial charge in [0.2, 0.25) is 0 Å². The molecule has 0 aliphatic carbocycles. The topological polar surface area (TPSA) is 26.3 Å². The molecule has 0 amide bonds. The van der Waals surface area contributed by atoms with Crippen LogP contribution in [0, 0.1) is 0 Å². The summed E-state index contributed by atoms with van der Waals surface area (Å²) >= 11 is 0. The second-order valence-electron chi connectivity index (χ2n) is 7.32. The molecule has 138 valence electrons. The van der Waals surface area contributed by atoms with Crippen LogP contribution in [0.25, 0.3) is 0 Å². The molecule has 24 heavy (non-hydrogen) atoms. The number of hydrogen-bond acceptors (Lipinski definition) is 2. The summed E-state index contributed by atoms with van der Waals surface area (Å²) in [5.74, 6) is -0.0769. The fraction of sp³-hybridized carbons (Fsp3) is 0.667. The fourth-order valence-electron chi connectivity index (χ4n) is 3.82. The Morgan fingerprint density at radius 3 is 1.71 bits per heavy atom. The van der Waals surface area contributed by atoms with E-state index in [4.69, 9.17) is 4.52 Å². The molecule has 0 aliphatic rings. The Labute approximate surface area is 149 Å². The summed E-state index contributed by atoms with van der Waals surface area (Å²) in [6, 6.07) is 10.7. The van der Waals surface area contributed by atoms with Crippen LogP contribution in [-0.4, -0.2) is 24.5 Å². The summed E-state index contributed by atoms with van der Waals surface area (Å²) in [6.45, 7) is 5.76. The van der Waals surface area contributed by atoms with Gasteiger partial charge in [0.05, 0.1) is 0 Å². The summed E-state index contributed by atoms with van der Waals surface area (Å²) in [6.07, 6.45) is 11.2. The van der Waals surface area contributed by atoms with Crippen molar-refractivity contribution in [2.45, 2.75) is 72.4 Å². The predicted molar refractivity (Wildman–Crippen MR) is 108 cm³/mol. The molecule has 0 radical (unpaired) electrons. The second kappa shape index (κ2) is 10.2. The molecule has 0 aliphatic heterocycles. The van der Waals surface area contributed by atoms with Gasteiger partial charge in [-0.25, -0.2) is 0 Å². The van der Waals surface area contributed by atoms with E-state index in [1.165, 1.54) is 5.56 Å². The molecule has 1 aromatic carbocycles. The van der Waals surface area contributed by atoms with Crippen molar-refractivity contribution >= 4 is 12.8 Å². The van der Waals surface area contributed by atoms with Crippen LogP contribution in [0.2, 0.25) is 0 Å². The molecule has 2 nitrogen and oxygen atoms in total. The summed E-state index contributed by atoms with van der Waals surface area (Å²) in [4.78, 5) is 12.2. The third-order valence-electron chi connectivity index (χ3n) is 5.04. The zero-order valence-electron chi connectivity index (χ0n) is 16.2. The summed E-state index contributed by atoms with van der Waals surface area (Å²) in [5, 5.41) is 0. The summed E-state index contributed by atoms with van der Waals surface area (Å²) in [5.41, 5.74) is 1.33. The van der Waals surface area contributed by atoms with Crippen LogP contribution in [0.1, 0.15) is 71.8 Å². The predicted octanol–water partition coefficient (Wildman–Crippen LogP) is 6.62. The van der Waals surface area contributed by atoms with Gasteiger partial charge >= 0.3 is 149 Å². The van der Waals surface area contributed by atoms with Gasteiger partial charge in [-0.2, -0.15) is 0 Å². The van der Waals surface area contributed by atoms with E-state index in [2.05, 4.69) is 51.1 Å². The van der Waals surface area contributed by atoms with E-state index in [1.54, 1.807) is 6.92 Å². The first-order valence-corrected chi connectivity index (χ1v) is 12.6. The molecule has 0 bridgehead atoms. The SMILES string of the molecule is CCCCP(CCCC)(CCCC)(Cc1ccccc1)OC(C)=O. The van der Waals surface area contributed by atoms with Gasteiger partial charge in [-0.05, 0) is 0 Å². The number of rotatable bonds is 12. The first-order valence-electron chi connectivity index (χ1n) is 9.74. The van der Waals surface area contributed by atoms with E-state index in [1.807, 2.05) is 0 Å². The number of benzene rings is 1. The van der Waals surface area contributed by atoms with Crippen molar-refractivity contribution in [2.24, 2.45) is 0 Å². The normalized spacial score (nSPS) is 13.2. The molecule has 0 atom stereocenters. The van der Waals surface area contributed by atoms with Crippen LogP contribution in [0.5, 0.6) is 0 Å². The Hall–Kier alpha value is -0.880. The van der Waals surface area contributed by atoms with Gasteiger partial charge in [-0.3, -0.25) is 0 Å². The van der Waals surface area contributed by atoms with Crippen molar-refractivity contribution in [1.29, 1.82) is 0 Å². The van der Waals surface area contributed by atoms with Crippen LogP contribution in [0.3, 0.4) is 0 Å². The van der Waals surface area contributed by atoms with Gasteiger partial charge in [0, 0.05) is 0 Å². The molecule has 0 N–H and O–H groups in total. The molecule has 0 saturated heterocycles. The molecule has 1 rings (SSSR count). The van der Waals surface area contributed by atoms with Crippen LogP contribution in [0.4, 0.5) is 0 Å². The molecule has 3 heteroatoms. The molecule has 0 unspecified atom stereocenters. The number of carbonyl (C=O) groups excluding carboxylic acids is 1. The minimum absolute atomic E-state index is 0.0769. The molecule has 0 heterocycles. The van der Waals surface area contributed by atoms with Crippen molar-refractivity contribution in [3.63, 3.8) is 0 Å². The fourth-order valence-corrected chi connectivity index (χ4v) is 10.5. The third kappa shape index (κ3) is 6.20. The van der Waals surface area contributed by atoms with Crippen LogP contribution in [-0.2, 0) is 15.5 Å². The Balaban J connectivity index is 3.32. The molecule has 1 aromatic rings. The van der Waals surface area contributed by atoms with Crippen molar-refractivity contribution in [1.82, 2.24) is 0 Å². The van der Waals surface area contributed by atoms with Crippen molar-refractivity contribution < 1.29 is 9.32 Å². The third-order valence-corrected chi connectivity index (χ3v) is 11.3. The first kappa shape index (κ1) is 21.2. The summed E-state index contributed by atoms with van der Waals surface area (Å²) in [7, 11) is 0. The van der Waals surface area contributed by atoms with Gasteiger partial charge in [-0.15, -0.1) is 0 Å². The Morgan fingerprint density at radius 2 is 1.33 bits per heavy atom. The Morgan fingerprint density at radius 1 is 0.875 bits per heavy atom. The van der Waals surface area contributed by atoms with E-state index in [0.29, 0.717) is 0 Å². The van der Waals surface area contributed by atoms with Crippen LogP contribution in [0.15, 0.2) is 30.3 Å². The molecule has 0 fully saturated rings. The number of unbranched alkanes of at least 4 members (excludes halogenated alkanes) is 3. The molecule has 0 saturated carbocycles. The molecule has 0 spiro atoms. The zero-order chi connectivity index (χ0) is 17.9. The number of carbonyl (C=O) groups is 1. The average molecular weight is 352 g/mol. The second-order valence-corrected chi connectivity index (χ2v) is 12.9. The monoisotopic (exact) mass is 352 g/mol. The van der Waals surface area contributed by atoms with E-state index in [-0.39, 0.29) is 5.97 Å². The molecular formula is C21H37O2P. The molecular weight excluding hydrogens is 315 g/mol. The Bertz CT molecular complexity index is 459. The maximum atomic E-state index is 12.2. The van der Waals surface area contributed by atoms with E-state index in [0.717, 1.165) is 63.2 Å². The maximum absolute atomic E-state index is 12.2. The summed E-state index contributed by atoms with van der Waals surface area (Å²) < 4.78 is 6.43. The first-order chi connectivity index (χ1) is 11.5. The molecule has 0 aromatic heterocycles. The van der Waals surface area contributed by atoms with Crippen molar-refractivity contribution in [3.05, 3.63) is 35.9 Å². The van der Waals surface area contributed by atoms with Gasteiger partial charge in [0.15, 0.2) is 0 Å². The van der Waals surface area contributed by atoms with Crippen molar-refractivity contribution in [2.75, 3.05) is 18.5 Å². The van der Waals surface area contributed by atoms with E-state index >= 15 is 0 Å². The number of hydrogen-bond donors (Lipinski definition) is 0. The van der Waals surface area contributed by atoms with E-state index in [9.17, 15) is 4.79 Å². The van der Waals surface area contributed by atoms with Gasteiger partial charge in [-0.1, -0.05) is 0 Å². The van der Waals surface area contributed by atoms with Crippen molar-refractivity contribution in [3.8, 4) is 0 Å². The van der Waals surface area contributed by atoms with E-state index < -0.39 is 6.83 Å². The average Bonchev–Trinajstić information content (AvgIpc) is 2.57. The Kier molecular flexibility index (Phi) is 8.98. The van der Waals surface area contributed by atoms with Gasteiger partial charge in [0.25, 0.3) is 0 Å². The standard InChI is InChI=1S/C21H37O2P/c1-5-8-16-24(17-9-6-2,18-10-7-3,23-20(4)22)19-21-14-12-11-13-15-21/h11-15H,5-10,16-19H2,1-4H3. The zero-order valence-corrected chi connectivity index (χ0v) is 17.1. The minimum atomic E-state index is -2.56. The van der Waals surface area contributed by atoms with Gasteiger partial charge < -0.3 is 0 Å². The van der Waals surface area contributed by atoms with Crippen LogP contribution >= 0.6 is 6.83 Å². The quantitative estimate of drug-likeness (QED) is 0.395.